The molecule has 0 amide bonds. The van der Waals surface area contributed by atoms with E-state index in [2.05, 4.69) is 9.47 Å². The molecule has 3 rings (SSSR count). The standard InChI is InChI=1S/C13H10O3.C9H10O4/c14-13(15-11-7-3-1-4-8-11)16-12-9-5-2-6-10-12;1-12-9(11)13-6-7-4-2-3-5-8(7)10/h1-10H;2-5,10H,6H2,1H3. The highest BCUT2D eigenvalue weighted by Gasteiger charge is 2.06. The van der Waals surface area contributed by atoms with Crippen LogP contribution in [0.25, 0.3) is 0 Å². The van der Waals surface area contributed by atoms with Crippen molar-refractivity contribution in [1.29, 1.82) is 0 Å². The van der Waals surface area contributed by atoms with E-state index < -0.39 is 12.3 Å². The molecule has 0 spiro atoms. The number of benzene rings is 3. The van der Waals surface area contributed by atoms with Crippen LogP contribution in [0.2, 0.25) is 0 Å². The summed E-state index contributed by atoms with van der Waals surface area (Å²) in [7, 11) is 1.23. The number of aromatic hydroxyl groups is 1. The quantitative estimate of drug-likeness (QED) is 0.493. The van der Waals surface area contributed by atoms with Gasteiger partial charge in [0.15, 0.2) is 0 Å². The van der Waals surface area contributed by atoms with Crippen LogP contribution in [0.15, 0.2) is 84.9 Å². The number of carbonyl (C=O) groups excluding carboxylic acids is 2. The summed E-state index contributed by atoms with van der Waals surface area (Å²) >= 11 is 0. The molecule has 0 aromatic heterocycles. The summed E-state index contributed by atoms with van der Waals surface area (Å²) in [6, 6.07) is 24.2. The third-order valence-corrected chi connectivity index (χ3v) is 3.39. The first-order valence-electron chi connectivity index (χ1n) is 8.56. The van der Waals surface area contributed by atoms with Gasteiger partial charge < -0.3 is 24.1 Å². The van der Waals surface area contributed by atoms with Gasteiger partial charge in [-0.15, -0.1) is 0 Å². The lowest BCUT2D eigenvalue weighted by Gasteiger charge is -2.04. The largest absolute Gasteiger partial charge is 0.519 e. The Hall–Kier alpha value is -4.00. The minimum absolute atomic E-state index is 0.0132. The Bertz CT molecular complexity index is 852. The second-order valence-corrected chi connectivity index (χ2v) is 5.45. The van der Waals surface area contributed by atoms with Crippen LogP contribution in [-0.2, 0) is 16.1 Å². The third-order valence-electron chi connectivity index (χ3n) is 3.39. The first kappa shape index (κ1) is 21.3. The summed E-state index contributed by atoms with van der Waals surface area (Å²) in [4.78, 5) is 21.9. The molecule has 7 nitrogen and oxygen atoms in total. The minimum Gasteiger partial charge on any atom is -0.508 e. The number of ether oxygens (including phenoxy) is 4. The molecule has 150 valence electrons. The van der Waals surface area contributed by atoms with Crippen molar-refractivity contribution in [3.63, 3.8) is 0 Å². The van der Waals surface area contributed by atoms with E-state index >= 15 is 0 Å². The zero-order chi connectivity index (χ0) is 20.9. The van der Waals surface area contributed by atoms with Gasteiger partial charge in [0.2, 0.25) is 0 Å². The molecule has 0 fully saturated rings. The Morgan fingerprint density at radius 2 is 1.21 bits per heavy atom. The lowest BCUT2D eigenvalue weighted by molar-refractivity contribution is 0.0664. The number of phenolic OH excluding ortho intramolecular Hbond substituents is 1. The Morgan fingerprint density at radius 3 is 1.69 bits per heavy atom. The van der Waals surface area contributed by atoms with E-state index in [9.17, 15) is 14.7 Å². The van der Waals surface area contributed by atoms with Gasteiger partial charge in [0.25, 0.3) is 0 Å². The maximum Gasteiger partial charge on any atom is 0.519 e. The van der Waals surface area contributed by atoms with Crippen LogP contribution in [0.3, 0.4) is 0 Å². The maximum atomic E-state index is 11.3. The van der Waals surface area contributed by atoms with Crippen LogP contribution in [0.1, 0.15) is 5.56 Å². The van der Waals surface area contributed by atoms with Crippen LogP contribution in [-0.4, -0.2) is 24.5 Å². The second-order valence-electron chi connectivity index (χ2n) is 5.45. The molecule has 0 aliphatic carbocycles. The molecule has 0 unspecified atom stereocenters. The fourth-order valence-electron chi connectivity index (χ4n) is 2.02. The van der Waals surface area contributed by atoms with Gasteiger partial charge in [0, 0.05) is 5.56 Å². The summed E-state index contributed by atoms with van der Waals surface area (Å²) in [6.07, 6.45) is -1.50. The van der Waals surface area contributed by atoms with Crippen LogP contribution < -0.4 is 9.47 Å². The number of para-hydroxylation sites is 3. The van der Waals surface area contributed by atoms with Crippen molar-refractivity contribution in [1.82, 2.24) is 0 Å². The summed E-state index contributed by atoms with van der Waals surface area (Å²) in [5, 5.41) is 9.26. The fourth-order valence-corrected chi connectivity index (χ4v) is 2.02. The van der Waals surface area contributed by atoms with E-state index in [1.54, 1.807) is 66.7 Å². The smallest absolute Gasteiger partial charge is 0.508 e. The predicted octanol–water partition coefficient (Wildman–Crippen LogP) is 4.94. The maximum absolute atomic E-state index is 11.3. The lowest BCUT2D eigenvalue weighted by atomic mass is 10.2. The van der Waals surface area contributed by atoms with Gasteiger partial charge in [0.1, 0.15) is 23.9 Å². The Labute approximate surface area is 168 Å². The van der Waals surface area contributed by atoms with Crippen molar-refractivity contribution < 1.29 is 33.6 Å². The van der Waals surface area contributed by atoms with Crippen molar-refractivity contribution in [2.45, 2.75) is 6.61 Å². The SMILES string of the molecule is COC(=O)OCc1ccccc1O.O=C(Oc1ccccc1)Oc1ccccc1. The zero-order valence-electron chi connectivity index (χ0n) is 15.7. The Kier molecular flexibility index (Phi) is 8.56. The monoisotopic (exact) mass is 396 g/mol. The highest BCUT2D eigenvalue weighted by atomic mass is 16.7. The number of hydrogen-bond donors (Lipinski definition) is 1. The van der Waals surface area contributed by atoms with Gasteiger partial charge in [-0.3, -0.25) is 0 Å². The van der Waals surface area contributed by atoms with Crippen LogP contribution >= 0.6 is 0 Å². The fraction of sp³-hybridized carbons (Fsp3) is 0.0909. The molecule has 0 saturated heterocycles. The van der Waals surface area contributed by atoms with Crippen molar-refractivity contribution in [2.24, 2.45) is 0 Å². The molecule has 0 heterocycles. The molecule has 0 atom stereocenters. The van der Waals surface area contributed by atoms with E-state index in [0.717, 1.165) is 0 Å². The van der Waals surface area contributed by atoms with Crippen molar-refractivity contribution >= 4 is 12.3 Å². The number of methoxy groups -OCH3 is 1. The number of phenols is 1. The molecule has 3 aromatic carbocycles. The van der Waals surface area contributed by atoms with Gasteiger partial charge in [-0.2, -0.15) is 0 Å². The number of rotatable bonds is 4. The van der Waals surface area contributed by atoms with E-state index in [1.165, 1.54) is 13.2 Å². The zero-order valence-corrected chi connectivity index (χ0v) is 15.7. The van der Waals surface area contributed by atoms with Crippen molar-refractivity contribution in [3.05, 3.63) is 90.5 Å². The Balaban J connectivity index is 0.000000212. The molecular weight excluding hydrogens is 376 g/mol. The number of hydrogen-bond acceptors (Lipinski definition) is 7. The summed E-state index contributed by atoms with van der Waals surface area (Å²) in [5.41, 5.74) is 0.549. The molecule has 3 aromatic rings. The molecule has 29 heavy (non-hydrogen) atoms. The van der Waals surface area contributed by atoms with E-state index in [0.29, 0.717) is 17.1 Å². The molecular formula is C22H20O7. The van der Waals surface area contributed by atoms with Crippen LogP contribution in [0.4, 0.5) is 9.59 Å². The molecule has 0 saturated carbocycles. The van der Waals surface area contributed by atoms with E-state index in [-0.39, 0.29) is 12.4 Å². The first-order valence-corrected chi connectivity index (χ1v) is 8.56. The van der Waals surface area contributed by atoms with Gasteiger partial charge in [-0.05, 0) is 30.3 Å². The highest BCUT2D eigenvalue weighted by molar-refractivity contribution is 5.66. The van der Waals surface area contributed by atoms with Gasteiger partial charge in [-0.25, -0.2) is 9.59 Å². The average Bonchev–Trinajstić information content (AvgIpc) is 2.75. The normalized spacial score (nSPS) is 9.41. The third kappa shape index (κ3) is 8.04. The molecule has 0 aliphatic rings. The number of carbonyl (C=O) groups is 2. The first-order chi connectivity index (χ1) is 14.1. The van der Waals surface area contributed by atoms with Crippen molar-refractivity contribution in [2.75, 3.05) is 7.11 Å². The van der Waals surface area contributed by atoms with Crippen molar-refractivity contribution in [3.8, 4) is 17.2 Å². The molecule has 1 N–H and O–H groups in total. The summed E-state index contributed by atoms with van der Waals surface area (Å²) < 4.78 is 18.8. The highest BCUT2D eigenvalue weighted by Crippen LogP contribution is 2.16. The topological polar surface area (TPSA) is 91.3 Å². The van der Waals surface area contributed by atoms with Gasteiger partial charge >= 0.3 is 12.3 Å². The Morgan fingerprint density at radius 1 is 0.724 bits per heavy atom. The molecule has 0 aliphatic heterocycles. The minimum atomic E-state index is -0.761. The summed E-state index contributed by atoms with van der Waals surface area (Å²) in [6.45, 7) is 0.0132. The predicted molar refractivity (Wildman–Crippen MR) is 105 cm³/mol. The van der Waals surface area contributed by atoms with E-state index in [1.807, 2.05) is 12.1 Å². The van der Waals surface area contributed by atoms with Crippen LogP contribution in [0, 0.1) is 0 Å². The molecule has 0 radical (unpaired) electrons. The average molecular weight is 396 g/mol. The lowest BCUT2D eigenvalue weighted by Crippen LogP contribution is -2.13. The van der Waals surface area contributed by atoms with Crippen LogP contribution in [0.5, 0.6) is 17.2 Å². The molecule has 0 bridgehead atoms. The van der Waals surface area contributed by atoms with Gasteiger partial charge in [0.05, 0.1) is 7.11 Å². The van der Waals surface area contributed by atoms with E-state index in [4.69, 9.17) is 9.47 Å². The van der Waals surface area contributed by atoms with Gasteiger partial charge in [-0.1, -0.05) is 54.6 Å². The molecule has 7 heteroatoms. The second kappa shape index (κ2) is 11.7. The summed E-state index contributed by atoms with van der Waals surface area (Å²) in [5.74, 6) is 1.03.